The summed E-state index contributed by atoms with van der Waals surface area (Å²) in [5, 5.41) is 26.5. The van der Waals surface area contributed by atoms with Crippen molar-refractivity contribution in [3.8, 4) is 11.4 Å². The lowest BCUT2D eigenvalue weighted by Crippen LogP contribution is -2.18. The van der Waals surface area contributed by atoms with E-state index in [1.165, 1.54) is 22.0 Å². The number of alkyl halides is 3. The zero-order chi connectivity index (χ0) is 20.4. The number of para-hydroxylation sites is 1. The Bertz CT molecular complexity index is 973. The zero-order valence-electron chi connectivity index (χ0n) is 15.3. The van der Waals surface area contributed by atoms with Gasteiger partial charge in [-0.05, 0) is 54.0 Å². The Morgan fingerprint density at radius 3 is 2.55 bits per heavy atom. The lowest BCUT2D eigenvalue weighted by atomic mass is 10.1. The number of rotatable bonds is 5. The summed E-state index contributed by atoms with van der Waals surface area (Å²) >= 11 is 0. The number of tetrazole rings is 1. The number of hydroxylamine groups is 2. The van der Waals surface area contributed by atoms with Crippen molar-refractivity contribution in [3.05, 3.63) is 54.1 Å². The molecular weight excluding hydrogens is 385 g/mol. The van der Waals surface area contributed by atoms with Crippen LogP contribution in [-0.2, 0) is 12.7 Å². The molecule has 1 atom stereocenters. The Kier molecular flexibility index (Phi) is 5.20. The third-order valence-corrected chi connectivity index (χ3v) is 4.80. The summed E-state index contributed by atoms with van der Waals surface area (Å²) in [7, 11) is 0. The first-order valence-electron chi connectivity index (χ1n) is 9.14. The Balaban J connectivity index is 1.51. The van der Waals surface area contributed by atoms with Gasteiger partial charge in [0, 0.05) is 30.0 Å². The van der Waals surface area contributed by atoms with Crippen molar-refractivity contribution in [1.82, 2.24) is 25.3 Å². The maximum Gasteiger partial charge on any atom is 0.416 e. The van der Waals surface area contributed by atoms with Gasteiger partial charge in [0.15, 0.2) is 0 Å². The number of hydrogen-bond acceptors (Lipinski definition) is 6. The summed E-state index contributed by atoms with van der Waals surface area (Å²) < 4.78 is 38.2. The molecule has 4 rings (SSSR count). The molecule has 0 saturated carbocycles. The summed E-state index contributed by atoms with van der Waals surface area (Å²) in [4.78, 5) is 1.51. The largest absolute Gasteiger partial charge is 0.416 e. The Morgan fingerprint density at radius 1 is 1.10 bits per heavy atom. The second-order valence-corrected chi connectivity index (χ2v) is 6.98. The van der Waals surface area contributed by atoms with Crippen LogP contribution in [0.2, 0.25) is 0 Å². The standard InChI is InChI=1S/C19H19F3N6O/c20-19(21,22)14-5-7-15(8-6-14)23-17-4-2-1-3-16(17)18-24-26-28(25-18)12-13-9-10-27(29)11-13/h1-8,13,23,29H,9-12H2. The molecule has 1 aromatic heterocycles. The summed E-state index contributed by atoms with van der Waals surface area (Å²) in [5.74, 6) is 0.668. The first-order chi connectivity index (χ1) is 13.9. The molecule has 152 valence electrons. The van der Waals surface area contributed by atoms with Gasteiger partial charge < -0.3 is 10.5 Å². The topological polar surface area (TPSA) is 79.1 Å². The number of aromatic nitrogens is 4. The number of benzene rings is 2. The number of nitrogens with zero attached hydrogens (tertiary/aromatic N) is 5. The van der Waals surface area contributed by atoms with Gasteiger partial charge in [0.2, 0.25) is 5.82 Å². The summed E-state index contributed by atoms with van der Waals surface area (Å²) in [5.41, 5.74) is 1.17. The highest BCUT2D eigenvalue weighted by Gasteiger charge is 2.30. The molecule has 0 radical (unpaired) electrons. The smallest absolute Gasteiger partial charge is 0.355 e. The van der Waals surface area contributed by atoms with Crippen LogP contribution in [0.4, 0.5) is 24.5 Å². The van der Waals surface area contributed by atoms with Gasteiger partial charge in [-0.15, -0.1) is 10.2 Å². The van der Waals surface area contributed by atoms with Gasteiger partial charge in [0.1, 0.15) is 0 Å². The first kappa shape index (κ1) is 19.3. The van der Waals surface area contributed by atoms with E-state index in [2.05, 4.69) is 20.7 Å². The van der Waals surface area contributed by atoms with E-state index >= 15 is 0 Å². The van der Waals surface area contributed by atoms with E-state index in [9.17, 15) is 18.4 Å². The molecule has 1 saturated heterocycles. The maximum absolute atomic E-state index is 12.7. The van der Waals surface area contributed by atoms with Gasteiger partial charge in [-0.3, -0.25) is 0 Å². The SMILES string of the molecule is ON1CCC(Cn2nnc(-c3ccccc3Nc3ccc(C(F)(F)F)cc3)n2)C1. The van der Waals surface area contributed by atoms with Crippen molar-refractivity contribution in [2.75, 3.05) is 18.4 Å². The number of nitrogens with one attached hydrogen (secondary N) is 1. The lowest BCUT2D eigenvalue weighted by molar-refractivity contribution is -0.137. The molecule has 0 spiro atoms. The molecule has 1 aliphatic heterocycles. The molecule has 1 fully saturated rings. The van der Waals surface area contributed by atoms with E-state index in [4.69, 9.17) is 0 Å². The van der Waals surface area contributed by atoms with E-state index < -0.39 is 11.7 Å². The van der Waals surface area contributed by atoms with Crippen LogP contribution in [0.5, 0.6) is 0 Å². The second-order valence-electron chi connectivity index (χ2n) is 6.98. The van der Waals surface area contributed by atoms with Crippen LogP contribution in [-0.4, -0.2) is 43.6 Å². The van der Waals surface area contributed by atoms with Crippen LogP contribution >= 0.6 is 0 Å². The van der Waals surface area contributed by atoms with Crippen molar-refractivity contribution in [2.24, 2.45) is 5.92 Å². The predicted molar refractivity (Wildman–Crippen MR) is 99.4 cm³/mol. The van der Waals surface area contributed by atoms with Crippen LogP contribution in [0, 0.1) is 5.92 Å². The highest BCUT2D eigenvalue weighted by Crippen LogP contribution is 2.32. The van der Waals surface area contributed by atoms with E-state index in [0.29, 0.717) is 42.4 Å². The normalized spacial score (nSPS) is 17.6. The molecule has 0 aliphatic carbocycles. The van der Waals surface area contributed by atoms with E-state index in [-0.39, 0.29) is 5.92 Å². The second kappa shape index (κ2) is 7.80. The average molecular weight is 404 g/mol. The third-order valence-electron chi connectivity index (χ3n) is 4.80. The quantitative estimate of drug-likeness (QED) is 0.673. The monoisotopic (exact) mass is 404 g/mol. The Morgan fingerprint density at radius 2 is 1.86 bits per heavy atom. The van der Waals surface area contributed by atoms with Crippen LogP contribution in [0.3, 0.4) is 0 Å². The van der Waals surface area contributed by atoms with Crippen LogP contribution in [0.1, 0.15) is 12.0 Å². The molecular formula is C19H19F3N6O. The minimum Gasteiger partial charge on any atom is -0.355 e. The molecule has 0 amide bonds. The van der Waals surface area contributed by atoms with Gasteiger partial charge in [-0.2, -0.15) is 23.0 Å². The van der Waals surface area contributed by atoms with Gasteiger partial charge in [0.05, 0.1) is 12.1 Å². The minimum absolute atomic E-state index is 0.252. The fourth-order valence-corrected chi connectivity index (χ4v) is 3.31. The predicted octanol–water partition coefficient (Wildman–Crippen LogP) is 3.81. The Labute approximate surface area is 164 Å². The van der Waals surface area contributed by atoms with Crippen LogP contribution < -0.4 is 5.32 Å². The molecule has 2 aromatic carbocycles. The lowest BCUT2D eigenvalue weighted by Gasteiger charge is -2.11. The minimum atomic E-state index is -4.37. The fraction of sp³-hybridized carbons (Fsp3) is 0.316. The van der Waals surface area contributed by atoms with E-state index in [1.54, 1.807) is 6.07 Å². The molecule has 0 bridgehead atoms. The fourth-order valence-electron chi connectivity index (χ4n) is 3.31. The van der Waals surface area contributed by atoms with E-state index in [1.807, 2.05) is 18.2 Å². The molecule has 1 aliphatic rings. The number of hydrogen-bond donors (Lipinski definition) is 2. The maximum atomic E-state index is 12.7. The molecule has 10 heteroatoms. The molecule has 2 N–H and O–H groups in total. The Hall–Kier alpha value is -2.98. The molecule has 7 nitrogen and oxygen atoms in total. The van der Waals surface area contributed by atoms with E-state index in [0.717, 1.165) is 18.6 Å². The van der Waals surface area contributed by atoms with Crippen molar-refractivity contribution < 1.29 is 18.4 Å². The highest BCUT2D eigenvalue weighted by atomic mass is 19.4. The first-order valence-corrected chi connectivity index (χ1v) is 9.14. The van der Waals surface area contributed by atoms with Crippen LogP contribution in [0.15, 0.2) is 48.5 Å². The molecule has 29 heavy (non-hydrogen) atoms. The van der Waals surface area contributed by atoms with Gasteiger partial charge >= 0.3 is 6.18 Å². The molecule has 3 aromatic rings. The number of halogens is 3. The van der Waals surface area contributed by atoms with Crippen molar-refractivity contribution >= 4 is 11.4 Å². The molecule has 2 heterocycles. The molecule has 1 unspecified atom stereocenters. The summed E-state index contributed by atoms with van der Waals surface area (Å²) in [6, 6.07) is 12.1. The number of anilines is 2. The van der Waals surface area contributed by atoms with Crippen molar-refractivity contribution in [3.63, 3.8) is 0 Å². The van der Waals surface area contributed by atoms with Gasteiger partial charge in [-0.1, -0.05) is 12.1 Å². The highest BCUT2D eigenvalue weighted by molar-refractivity contribution is 5.77. The van der Waals surface area contributed by atoms with Crippen molar-refractivity contribution in [1.29, 1.82) is 0 Å². The summed E-state index contributed by atoms with van der Waals surface area (Å²) in [6.07, 6.45) is -3.51. The van der Waals surface area contributed by atoms with Gasteiger partial charge in [-0.25, -0.2) is 0 Å². The zero-order valence-corrected chi connectivity index (χ0v) is 15.3. The average Bonchev–Trinajstić information content (AvgIpc) is 3.31. The summed E-state index contributed by atoms with van der Waals surface area (Å²) in [6.45, 7) is 1.76. The van der Waals surface area contributed by atoms with Crippen LogP contribution in [0.25, 0.3) is 11.4 Å². The van der Waals surface area contributed by atoms with Gasteiger partial charge in [0.25, 0.3) is 0 Å². The van der Waals surface area contributed by atoms with Crippen molar-refractivity contribution in [2.45, 2.75) is 19.1 Å². The third kappa shape index (κ3) is 4.54.